The van der Waals surface area contributed by atoms with Crippen molar-refractivity contribution in [2.24, 2.45) is 5.73 Å². The molecule has 3 heteroatoms. The molecule has 0 amide bonds. The van der Waals surface area contributed by atoms with Crippen LogP contribution in [0, 0.1) is 5.82 Å². The number of halogens is 1. The van der Waals surface area contributed by atoms with Gasteiger partial charge in [-0.25, -0.2) is 4.39 Å². The van der Waals surface area contributed by atoms with Crippen molar-refractivity contribution in [1.82, 2.24) is 0 Å². The quantitative estimate of drug-likeness (QED) is 0.877. The number of ether oxygens (including phenoxy) is 1. The molecule has 0 radical (unpaired) electrons. The lowest BCUT2D eigenvalue weighted by Crippen LogP contribution is -2.13. The molecule has 0 heterocycles. The number of nitrogens with two attached hydrogens (primary N) is 1. The third-order valence-corrected chi connectivity index (χ3v) is 2.69. The fourth-order valence-electron chi connectivity index (χ4n) is 1.79. The van der Waals surface area contributed by atoms with E-state index in [9.17, 15) is 4.39 Å². The van der Waals surface area contributed by atoms with Crippen LogP contribution in [0.2, 0.25) is 0 Å². The van der Waals surface area contributed by atoms with Crippen LogP contribution < -0.4 is 10.5 Å². The smallest absolute Gasteiger partial charge is 0.125 e. The minimum absolute atomic E-state index is 0.141. The molecule has 1 atom stereocenters. The molecular formula is C15H16FNO. The van der Waals surface area contributed by atoms with E-state index in [1.165, 1.54) is 12.1 Å². The lowest BCUT2D eigenvalue weighted by Gasteiger charge is -2.19. The Morgan fingerprint density at radius 3 is 2.28 bits per heavy atom. The summed E-state index contributed by atoms with van der Waals surface area (Å²) in [7, 11) is 0. The molecule has 2 N–H and O–H groups in total. The van der Waals surface area contributed by atoms with Gasteiger partial charge in [0.05, 0.1) is 0 Å². The van der Waals surface area contributed by atoms with Crippen molar-refractivity contribution in [3.8, 4) is 5.75 Å². The number of para-hydroxylation sites is 1. The van der Waals surface area contributed by atoms with Gasteiger partial charge in [-0.05, 0) is 36.4 Å². The van der Waals surface area contributed by atoms with Crippen molar-refractivity contribution >= 4 is 0 Å². The summed E-state index contributed by atoms with van der Waals surface area (Å²) in [6.45, 7) is 0.523. The lowest BCUT2D eigenvalue weighted by atomic mass is 10.1. The average Bonchev–Trinajstić information content (AvgIpc) is 2.40. The fourth-order valence-corrected chi connectivity index (χ4v) is 1.79. The van der Waals surface area contributed by atoms with Gasteiger partial charge in [0.2, 0.25) is 0 Å². The monoisotopic (exact) mass is 245 g/mol. The lowest BCUT2D eigenvalue weighted by molar-refractivity contribution is 0.197. The highest BCUT2D eigenvalue weighted by Gasteiger charge is 2.12. The summed E-state index contributed by atoms with van der Waals surface area (Å²) in [5.74, 6) is 0.547. The Morgan fingerprint density at radius 2 is 1.67 bits per heavy atom. The first kappa shape index (κ1) is 12.6. The van der Waals surface area contributed by atoms with E-state index in [1.54, 1.807) is 12.1 Å². The zero-order valence-electron chi connectivity index (χ0n) is 10.1. The van der Waals surface area contributed by atoms with E-state index in [1.807, 2.05) is 30.3 Å². The topological polar surface area (TPSA) is 35.2 Å². The van der Waals surface area contributed by atoms with Gasteiger partial charge in [0, 0.05) is 6.42 Å². The van der Waals surface area contributed by atoms with Crippen LogP contribution in [0.15, 0.2) is 54.6 Å². The maximum absolute atomic E-state index is 12.9. The Labute approximate surface area is 106 Å². The van der Waals surface area contributed by atoms with E-state index in [0.717, 1.165) is 11.3 Å². The third-order valence-electron chi connectivity index (χ3n) is 2.69. The van der Waals surface area contributed by atoms with Gasteiger partial charge in [0.25, 0.3) is 0 Å². The predicted octanol–water partition coefficient (Wildman–Crippen LogP) is 3.29. The molecule has 0 spiro atoms. The highest BCUT2D eigenvalue weighted by atomic mass is 19.1. The van der Waals surface area contributed by atoms with Crippen molar-refractivity contribution in [3.63, 3.8) is 0 Å². The van der Waals surface area contributed by atoms with Crippen LogP contribution in [0.3, 0.4) is 0 Å². The van der Waals surface area contributed by atoms with Crippen LogP contribution in [-0.2, 0) is 0 Å². The van der Waals surface area contributed by atoms with Crippen molar-refractivity contribution in [2.75, 3.05) is 6.54 Å². The fraction of sp³-hybridized carbons (Fsp3) is 0.200. The van der Waals surface area contributed by atoms with Gasteiger partial charge in [0.1, 0.15) is 17.7 Å². The van der Waals surface area contributed by atoms with E-state index in [4.69, 9.17) is 10.5 Å². The van der Waals surface area contributed by atoms with Gasteiger partial charge in [-0.15, -0.1) is 0 Å². The van der Waals surface area contributed by atoms with Gasteiger partial charge in [-0.2, -0.15) is 0 Å². The molecule has 0 aromatic heterocycles. The highest BCUT2D eigenvalue weighted by molar-refractivity contribution is 5.24. The van der Waals surface area contributed by atoms with Crippen LogP contribution in [0.5, 0.6) is 5.75 Å². The molecule has 0 aliphatic heterocycles. The molecule has 0 saturated carbocycles. The van der Waals surface area contributed by atoms with Crippen LogP contribution >= 0.6 is 0 Å². The predicted molar refractivity (Wildman–Crippen MR) is 69.9 cm³/mol. The van der Waals surface area contributed by atoms with Crippen LogP contribution in [-0.4, -0.2) is 6.54 Å². The molecule has 0 aliphatic rings. The van der Waals surface area contributed by atoms with Crippen molar-refractivity contribution in [2.45, 2.75) is 12.5 Å². The summed E-state index contributed by atoms with van der Waals surface area (Å²) >= 11 is 0. The second kappa shape index (κ2) is 6.17. The molecule has 94 valence electrons. The Hall–Kier alpha value is -1.87. The maximum atomic E-state index is 12.9. The van der Waals surface area contributed by atoms with E-state index in [0.29, 0.717) is 13.0 Å². The van der Waals surface area contributed by atoms with E-state index in [-0.39, 0.29) is 11.9 Å². The Balaban J connectivity index is 2.15. The number of hydrogen-bond donors (Lipinski definition) is 1. The molecule has 18 heavy (non-hydrogen) atoms. The number of rotatable bonds is 5. The molecule has 2 aromatic rings. The summed E-state index contributed by atoms with van der Waals surface area (Å²) in [6.07, 6.45) is 0.554. The summed E-state index contributed by atoms with van der Waals surface area (Å²) in [5, 5.41) is 0. The molecule has 0 fully saturated rings. The molecule has 0 aliphatic carbocycles. The molecular weight excluding hydrogens is 229 g/mol. The molecule has 2 nitrogen and oxygen atoms in total. The first-order valence-corrected chi connectivity index (χ1v) is 5.97. The van der Waals surface area contributed by atoms with Crippen molar-refractivity contribution in [1.29, 1.82) is 0 Å². The van der Waals surface area contributed by atoms with E-state index in [2.05, 4.69) is 0 Å². The first-order chi connectivity index (χ1) is 8.79. The molecule has 0 saturated heterocycles. The van der Waals surface area contributed by atoms with E-state index < -0.39 is 0 Å². The summed E-state index contributed by atoms with van der Waals surface area (Å²) < 4.78 is 18.8. The standard InChI is InChI=1S/C15H16FNO/c16-13-8-6-12(7-9-13)15(10-11-17)18-14-4-2-1-3-5-14/h1-9,15H,10-11,17H2. The summed E-state index contributed by atoms with van der Waals surface area (Å²) in [5.41, 5.74) is 6.53. The Morgan fingerprint density at radius 1 is 1.00 bits per heavy atom. The van der Waals surface area contributed by atoms with Gasteiger partial charge in [0.15, 0.2) is 0 Å². The zero-order chi connectivity index (χ0) is 12.8. The van der Waals surface area contributed by atoms with Crippen molar-refractivity contribution in [3.05, 3.63) is 66.0 Å². The molecule has 2 rings (SSSR count). The van der Waals surface area contributed by atoms with Crippen LogP contribution in [0.4, 0.5) is 4.39 Å². The van der Waals surface area contributed by atoms with Crippen LogP contribution in [0.1, 0.15) is 18.1 Å². The van der Waals surface area contributed by atoms with Gasteiger partial charge >= 0.3 is 0 Å². The average molecular weight is 245 g/mol. The van der Waals surface area contributed by atoms with Gasteiger partial charge in [-0.1, -0.05) is 30.3 Å². The third kappa shape index (κ3) is 3.31. The Kier molecular flexibility index (Phi) is 4.31. The number of benzene rings is 2. The zero-order valence-corrected chi connectivity index (χ0v) is 10.1. The minimum atomic E-state index is -0.245. The SMILES string of the molecule is NCCC(Oc1ccccc1)c1ccc(F)cc1. The molecule has 1 unspecified atom stereocenters. The largest absolute Gasteiger partial charge is 0.486 e. The first-order valence-electron chi connectivity index (χ1n) is 5.97. The molecule has 0 bridgehead atoms. The second-order valence-corrected chi connectivity index (χ2v) is 4.05. The summed E-state index contributed by atoms with van der Waals surface area (Å²) in [6, 6.07) is 15.9. The Bertz CT molecular complexity index is 470. The highest BCUT2D eigenvalue weighted by Crippen LogP contribution is 2.24. The van der Waals surface area contributed by atoms with Crippen LogP contribution in [0.25, 0.3) is 0 Å². The number of hydrogen-bond acceptors (Lipinski definition) is 2. The van der Waals surface area contributed by atoms with Gasteiger partial charge < -0.3 is 10.5 Å². The normalized spacial score (nSPS) is 12.1. The van der Waals surface area contributed by atoms with E-state index >= 15 is 0 Å². The second-order valence-electron chi connectivity index (χ2n) is 4.05. The van der Waals surface area contributed by atoms with Gasteiger partial charge in [-0.3, -0.25) is 0 Å². The minimum Gasteiger partial charge on any atom is -0.486 e. The maximum Gasteiger partial charge on any atom is 0.125 e. The van der Waals surface area contributed by atoms with Crippen molar-refractivity contribution < 1.29 is 9.13 Å². The molecule has 2 aromatic carbocycles. The summed E-state index contributed by atoms with van der Waals surface area (Å²) in [4.78, 5) is 0.